The molecule has 2 amide bonds. The SMILES string of the molecule is CC1(C)C(N)CC1NC(=O)NCC(F)(F)F. The fraction of sp³-hybridized carbons (Fsp3) is 0.889. The number of halogens is 3. The van der Waals surface area contributed by atoms with Crippen LogP contribution < -0.4 is 16.4 Å². The largest absolute Gasteiger partial charge is 0.405 e. The molecule has 0 aromatic rings. The Hall–Kier alpha value is -0.980. The van der Waals surface area contributed by atoms with Crippen LogP contribution in [0.2, 0.25) is 0 Å². The molecule has 94 valence electrons. The van der Waals surface area contributed by atoms with Gasteiger partial charge in [0.2, 0.25) is 0 Å². The highest BCUT2D eigenvalue weighted by atomic mass is 19.4. The summed E-state index contributed by atoms with van der Waals surface area (Å²) in [5.74, 6) is 0. The van der Waals surface area contributed by atoms with E-state index in [-0.39, 0.29) is 17.5 Å². The Labute approximate surface area is 91.8 Å². The molecule has 0 aromatic carbocycles. The summed E-state index contributed by atoms with van der Waals surface area (Å²) < 4.78 is 35.4. The van der Waals surface area contributed by atoms with Crippen molar-refractivity contribution in [2.24, 2.45) is 11.1 Å². The van der Waals surface area contributed by atoms with Crippen molar-refractivity contribution in [3.05, 3.63) is 0 Å². The lowest BCUT2D eigenvalue weighted by Gasteiger charge is -2.50. The van der Waals surface area contributed by atoms with Gasteiger partial charge in [0.25, 0.3) is 0 Å². The van der Waals surface area contributed by atoms with E-state index in [1.165, 1.54) is 0 Å². The monoisotopic (exact) mass is 239 g/mol. The van der Waals surface area contributed by atoms with Gasteiger partial charge in [-0.15, -0.1) is 0 Å². The van der Waals surface area contributed by atoms with Crippen molar-refractivity contribution >= 4 is 6.03 Å². The van der Waals surface area contributed by atoms with E-state index in [1.807, 2.05) is 13.8 Å². The van der Waals surface area contributed by atoms with E-state index in [0.29, 0.717) is 6.42 Å². The Balaban J connectivity index is 2.31. The lowest BCUT2D eigenvalue weighted by Crippen LogP contribution is -2.65. The van der Waals surface area contributed by atoms with Gasteiger partial charge in [-0.05, 0) is 6.42 Å². The first-order chi connectivity index (χ1) is 7.13. The molecule has 2 atom stereocenters. The summed E-state index contributed by atoms with van der Waals surface area (Å²) in [6.45, 7) is 2.42. The Morgan fingerprint density at radius 2 is 2.06 bits per heavy atom. The molecule has 4 nitrogen and oxygen atoms in total. The van der Waals surface area contributed by atoms with E-state index in [2.05, 4.69) is 5.32 Å². The average molecular weight is 239 g/mol. The van der Waals surface area contributed by atoms with Crippen LogP contribution in [0.15, 0.2) is 0 Å². The van der Waals surface area contributed by atoms with Gasteiger partial charge in [0.15, 0.2) is 0 Å². The maximum absolute atomic E-state index is 11.8. The standard InChI is InChI=1S/C9H16F3N3O/c1-8(2)5(13)3-6(8)15-7(16)14-4-9(10,11)12/h5-6H,3-4,13H2,1-2H3,(H2,14,15,16). The van der Waals surface area contributed by atoms with Crippen LogP contribution in [-0.4, -0.2) is 30.8 Å². The summed E-state index contributed by atoms with van der Waals surface area (Å²) in [7, 11) is 0. The summed E-state index contributed by atoms with van der Waals surface area (Å²) in [6.07, 6.45) is -3.80. The summed E-state index contributed by atoms with van der Waals surface area (Å²) >= 11 is 0. The van der Waals surface area contributed by atoms with Crippen LogP contribution in [0.4, 0.5) is 18.0 Å². The lowest BCUT2D eigenvalue weighted by molar-refractivity contribution is -0.122. The van der Waals surface area contributed by atoms with Gasteiger partial charge >= 0.3 is 12.2 Å². The highest BCUT2D eigenvalue weighted by molar-refractivity contribution is 5.74. The number of carbonyl (C=O) groups excluding carboxylic acids is 1. The van der Waals surface area contributed by atoms with Crippen LogP contribution in [0.1, 0.15) is 20.3 Å². The third-order valence-electron chi connectivity index (χ3n) is 3.10. The molecule has 0 aliphatic heterocycles. The predicted molar refractivity (Wildman–Crippen MR) is 52.8 cm³/mol. The molecular formula is C9H16F3N3O. The number of urea groups is 1. The fourth-order valence-corrected chi connectivity index (χ4v) is 1.59. The summed E-state index contributed by atoms with van der Waals surface area (Å²) in [6, 6.07) is -1.00. The van der Waals surface area contributed by atoms with Crippen LogP contribution in [0.5, 0.6) is 0 Å². The third-order valence-corrected chi connectivity index (χ3v) is 3.10. The van der Waals surface area contributed by atoms with Crippen molar-refractivity contribution in [1.29, 1.82) is 0 Å². The number of nitrogens with two attached hydrogens (primary N) is 1. The zero-order chi connectivity index (χ0) is 12.6. The normalized spacial score (nSPS) is 28.1. The second-order valence-corrected chi connectivity index (χ2v) is 4.66. The topological polar surface area (TPSA) is 67.1 Å². The number of alkyl halides is 3. The molecule has 1 saturated carbocycles. The molecule has 1 rings (SSSR count). The molecule has 0 bridgehead atoms. The van der Waals surface area contributed by atoms with Gasteiger partial charge < -0.3 is 16.4 Å². The van der Waals surface area contributed by atoms with Crippen molar-refractivity contribution in [3.8, 4) is 0 Å². The van der Waals surface area contributed by atoms with Crippen LogP contribution in [0.3, 0.4) is 0 Å². The summed E-state index contributed by atoms with van der Waals surface area (Å²) in [5, 5.41) is 4.24. The van der Waals surface area contributed by atoms with E-state index < -0.39 is 18.8 Å². The van der Waals surface area contributed by atoms with Gasteiger partial charge in [0, 0.05) is 17.5 Å². The second-order valence-electron chi connectivity index (χ2n) is 4.66. The number of hydrogen-bond acceptors (Lipinski definition) is 2. The maximum atomic E-state index is 11.8. The van der Waals surface area contributed by atoms with Gasteiger partial charge in [0.05, 0.1) is 0 Å². The van der Waals surface area contributed by atoms with Crippen molar-refractivity contribution in [2.45, 2.75) is 38.5 Å². The first kappa shape index (κ1) is 13.1. The number of rotatable bonds is 2. The van der Waals surface area contributed by atoms with Crippen LogP contribution >= 0.6 is 0 Å². The van der Waals surface area contributed by atoms with E-state index in [9.17, 15) is 18.0 Å². The zero-order valence-corrected chi connectivity index (χ0v) is 9.19. The molecule has 1 aliphatic carbocycles. The molecule has 0 spiro atoms. The zero-order valence-electron chi connectivity index (χ0n) is 9.19. The number of nitrogens with one attached hydrogen (secondary N) is 2. The number of hydrogen-bond donors (Lipinski definition) is 3. The molecule has 0 radical (unpaired) electrons. The number of carbonyl (C=O) groups is 1. The molecule has 0 aromatic heterocycles. The quantitative estimate of drug-likeness (QED) is 0.672. The summed E-state index contributed by atoms with van der Waals surface area (Å²) in [5.41, 5.74) is 5.45. The lowest BCUT2D eigenvalue weighted by atomic mass is 9.63. The molecule has 0 heterocycles. The van der Waals surface area contributed by atoms with Crippen molar-refractivity contribution < 1.29 is 18.0 Å². The molecule has 16 heavy (non-hydrogen) atoms. The van der Waals surface area contributed by atoms with Gasteiger partial charge in [0.1, 0.15) is 6.54 Å². The van der Waals surface area contributed by atoms with Gasteiger partial charge in [-0.25, -0.2) is 4.79 Å². The van der Waals surface area contributed by atoms with Gasteiger partial charge in [-0.1, -0.05) is 13.8 Å². The molecular weight excluding hydrogens is 223 g/mol. The molecule has 1 fully saturated rings. The molecule has 4 N–H and O–H groups in total. The van der Waals surface area contributed by atoms with Crippen LogP contribution in [0, 0.1) is 5.41 Å². The summed E-state index contributed by atoms with van der Waals surface area (Å²) in [4.78, 5) is 11.1. The van der Waals surface area contributed by atoms with E-state index in [1.54, 1.807) is 5.32 Å². The molecule has 2 unspecified atom stereocenters. The van der Waals surface area contributed by atoms with Gasteiger partial charge in [-0.3, -0.25) is 0 Å². The first-order valence-corrected chi connectivity index (χ1v) is 4.99. The van der Waals surface area contributed by atoms with Crippen LogP contribution in [0.25, 0.3) is 0 Å². The molecule has 7 heteroatoms. The predicted octanol–water partition coefficient (Wildman–Crippen LogP) is 0.974. The maximum Gasteiger partial charge on any atom is 0.405 e. The Kier molecular flexibility index (Phi) is 3.37. The third kappa shape index (κ3) is 3.01. The Bertz CT molecular complexity index is 278. The average Bonchev–Trinajstić information content (AvgIpc) is 2.13. The second kappa shape index (κ2) is 4.12. The minimum atomic E-state index is -4.39. The van der Waals surface area contributed by atoms with Gasteiger partial charge in [-0.2, -0.15) is 13.2 Å². The minimum Gasteiger partial charge on any atom is -0.335 e. The molecule has 1 aliphatic rings. The van der Waals surface area contributed by atoms with E-state index in [4.69, 9.17) is 5.73 Å². The smallest absolute Gasteiger partial charge is 0.335 e. The van der Waals surface area contributed by atoms with Crippen molar-refractivity contribution in [2.75, 3.05) is 6.54 Å². The minimum absolute atomic E-state index is 0.0274. The Morgan fingerprint density at radius 3 is 2.44 bits per heavy atom. The van der Waals surface area contributed by atoms with Crippen molar-refractivity contribution in [1.82, 2.24) is 10.6 Å². The molecule has 0 saturated heterocycles. The fourth-order valence-electron chi connectivity index (χ4n) is 1.59. The van der Waals surface area contributed by atoms with Crippen molar-refractivity contribution in [3.63, 3.8) is 0 Å². The van der Waals surface area contributed by atoms with E-state index in [0.717, 1.165) is 0 Å². The Morgan fingerprint density at radius 1 is 1.50 bits per heavy atom. The highest BCUT2D eigenvalue weighted by Crippen LogP contribution is 2.38. The van der Waals surface area contributed by atoms with E-state index >= 15 is 0 Å². The highest BCUT2D eigenvalue weighted by Gasteiger charge is 2.46. The first-order valence-electron chi connectivity index (χ1n) is 4.99. The number of amides is 2. The van der Waals surface area contributed by atoms with Crippen LogP contribution in [-0.2, 0) is 0 Å².